The van der Waals surface area contributed by atoms with Crippen LogP contribution in [0.3, 0.4) is 0 Å². The third kappa shape index (κ3) is 2.43. The Hall–Kier alpha value is -0.890. The Bertz CT molecular complexity index is 332. The topological polar surface area (TPSA) is 24.9 Å². The van der Waals surface area contributed by atoms with Crippen LogP contribution in [0.15, 0.2) is 24.5 Å². The number of hydrogen-bond acceptors (Lipinski definition) is 2. The van der Waals surface area contributed by atoms with Gasteiger partial charge in [0.25, 0.3) is 0 Å². The van der Waals surface area contributed by atoms with Crippen molar-refractivity contribution in [2.75, 3.05) is 0 Å². The van der Waals surface area contributed by atoms with Crippen LogP contribution >= 0.6 is 0 Å². The first kappa shape index (κ1) is 11.6. The minimum Gasteiger partial charge on any atom is -0.307 e. The van der Waals surface area contributed by atoms with Crippen molar-refractivity contribution in [3.8, 4) is 0 Å². The Balaban J connectivity index is 2.00. The second kappa shape index (κ2) is 4.54. The quantitative estimate of drug-likeness (QED) is 0.842. The summed E-state index contributed by atoms with van der Waals surface area (Å²) in [6.45, 7) is 6.96. The minimum absolute atomic E-state index is 0.399. The number of rotatable bonds is 3. The molecule has 88 valence electrons. The van der Waals surface area contributed by atoms with Crippen molar-refractivity contribution in [2.24, 2.45) is 5.41 Å². The molecule has 2 rings (SSSR count). The van der Waals surface area contributed by atoms with E-state index in [2.05, 4.69) is 37.1 Å². The molecule has 2 atom stereocenters. The normalized spacial score (nSPS) is 25.6. The van der Waals surface area contributed by atoms with Gasteiger partial charge in [-0.25, -0.2) is 0 Å². The molecule has 0 aliphatic heterocycles. The zero-order valence-corrected chi connectivity index (χ0v) is 10.5. The maximum atomic E-state index is 4.18. The van der Waals surface area contributed by atoms with Gasteiger partial charge in [-0.05, 0) is 36.8 Å². The van der Waals surface area contributed by atoms with E-state index in [1.54, 1.807) is 0 Å². The summed E-state index contributed by atoms with van der Waals surface area (Å²) in [6, 6.07) is 5.19. The van der Waals surface area contributed by atoms with Crippen LogP contribution in [0.2, 0.25) is 0 Å². The first-order valence-electron chi connectivity index (χ1n) is 6.25. The van der Waals surface area contributed by atoms with Gasteiger partial charge in [-0.15, -0.1) is 0 Å². The van der Waals surface area contributed by atoms with Crippen LogP contribution in [0.5, 0.6) is 0 Å². The third-order valence-electron chi connectivity index (χ3n) is 3.89. The molecule has 1 fully saturated rings. The molecule has 1 aliphatic carbocycles. The minimum atomic E-state index is 0.399. The van der Waals surface area contributed by atoms with Crippen molar-refractivity contribution >= 4 is 0 Å². The molecule has 0 amide bonds. The third-order valence-corrected chi connectivity index (χ3v) is 3.89. The number of hydrogen-bond donors (Lipinski definition) is 1. The highest BCUT2D eigenvalue weighted by Gasteiger charge is 2.34. The summed E-state index contributed by atoms with van der Waals surface area (Å²) in [5, 5.41) is 3.75. The van der Waals surface area contributed by atoms with Gasteiger partial charge in [0.05, 0.1) is 0 Å². The molecule has 16 heavy (non-hydrogen) atoms. The molecule has 1 aromatic heterocycles. The van der Waals surface area contributed by atoms with Gasteiger partial charge >= 0.3 is 0 Å². The van der Waals surface area contributed by atoms with Crippen molar-refractivity contribution in [1.29, 1.82) is 0 Å². The average molecular weight is 218 g/mol. The van der Waals surface area contributed by atoms with Crippen molar-refractivity contribution in [2.45, 2.75) is 52.1 Å². The highest BCUT2D eigenvalue weighted by Crippen LogP contribution is 2.38. The van der Waals surface area contributed by atoms with Gasteiger partial charge in [-0.2, -0.15) is 0 Å². The Morgan fingerprint density at radius 1 is 1.50 bits per heavy atom. The molecule has 2 heteroatoms. The van der Waals surface area contributed by atoms with Crippen LogP contribution < -0.4 is 5.32 Å². The van der Waals surface area contributed by atoms with Crippen LogP contribution in [0, 0.1) is 5.41 Å². The van der Waals surface area contributed by atoms with E-state index in [0.717, 1.165) is 0 Å². The number of aromatic nitrogens is 1. The van der Waals surface area contributed by atoms with E-state index in [1.165, 1.54) is 24.8 Å². The van der Waals surface area contributed by atoms with Gasteiger partial charge in [-0.3, -0.25) is 4.98 Å². The smallest absolute Gasteiger partial charge is 0.0315 e. The van der Waals surface area contributed by atoms with Gasteiger partial charge in [0, 0.05) is 24.5 Å². The molecule has 1 aromatic rings. The van der Waals surface area contributed by atoms with Gasteiger partial charge in [0.15, 0.2) is 0 Å². The van der Waals surface area contributed by atoms with Gasteiger partial charge in [-0.1, -0.05) is 26.3 Å². The monoisotopic (exact) mass is 218 g/mol. The molecule has 0 bridgehead atoms. The van der Waals surface area contributed by atoms with Crippen molar-refractivity contribution in [1.82, 2.24) is 10.3 Å². The van der Waals surface area contributed by atoms with E-state index in [1.807, 2.05) is 18.5 Å². The van der Waals surface area contributed by atoms with Gasteiger partial charge < -0.3 is 5.32 Å². The first-order chi connectivity index (χ1) is 7.59. The maximum Gasteiger partial charge on any atom is 0.0315 e. The molecule has 2 nitrogen and oxygen atoms in total. The van der Waals surface area contributed by atoms with E-state index in [0.29, 0.717) is 17.5 Å². The predicted molar refractivity (Wildman–Crippen MR) is 67.2 cm³/mol. The van der Waals surface area contributed by atoms with Gasteiger partial charge in [0.1, 0.15) is 0 Å². The van der Waals surface area contributed by atoms with Crippen LogP contribution in [0.1, 0.15) is 51.6 Å². The number of nitrogens with one attached hydrogen (secondary N) is 1. The molecule has 0 radical (unpaired) electrons. The Labute approximate surface area is 98.5 Å². The zero-order valence-electron chi connectivity index (χ0n) is 10.5. The van der Waals surface area contributed by atoms with Crippen LogP contribution in [0.4, 0.5) is 0 Å². The molecular weight excluding hydrogens is 196 g/mol. The zero-order chi connectivity index (χ0) is 11.6. The SMILES string of the molecule is CC(NC1CCCC1(C)C)c1cccnc1. The maximum absolute atomic E-state index is 4.18. The van der Waals surface area contributed by atoms with E-state index in [9.17, 15) is 0 Å². The lowest BCUT2D eigenvalue weighted by molar-refractivity contribution is 0.266. The lowest BCUT2D eigenvalue weighted by Gasteiger charge is -2.30. The molecule has 1 saturated carbocycles. The summed E-state index contributed by atoms with van der Waals surface area (Å²) in [4.78, 5) is 4.18. The molecular formula is C14H22N2. The van der Waals surface area contributed by atoms with E-state index >= 15 is 0 Å². The molecule has 1 aliphatic rings. The lowest BCUT2D eigenvalue weighted by Crippen LogP contribution is -2.39. The van der Waals surface area contributed by atoms with E-state index in [4.69, 9.17) is 0 Å². The highest BCUT2D eigenvalue weighted by atomic mass is 15.0. The molecule has 0 aromatic carbocycles. The van der Waals surface area contributed by atoms with Crippen LogP contribution in [-0.4, -0.2) is 11.0 Å². The van der Waals surface area contributed by atoms with Crippen molar-refractivity contribution < 1.29 is 0 Å². The molecule has 0 saturated heterocycles. The van der Waals surface area contributed by atoms with Crippen LogP contribution in [-0.2, 0) is 0 Å². The van der Waals surface area contributed by atoms with Gasteiger partial charge in [0.2, 0.25) is 0 Å². The Morgan fingerprint density at radius 3 is 2.88 bits per heavy atom. The first-order valence-corrected chi connectivity index (χ1v) is 6.25. The Morgan fingerprint density at radius 2 is 2.31 bits per heavy atom. The number of nitrogens with zero attached hydrogens (tertiary/aromatic N) is 1. The molecule has 0 spiro atoms. The summed E-state index contributed by atoms with van der Waals surface area (Å²) in [7, 11) is 0. The summed E-state index contributed by atoms with van der Waals surface area (Å²) >= 11 is 0. The molecule has 2 unspecified atom stereocenters. The predicted octanol–water partition coefficient (Wildman–Crippen LogP) is 3.31. The molecule has 1 heterocycles. The average Bonchev–Trinajstić information content (AvgIpc) is 2.59. The number of pyridine rings is 1. The Kier molecular flexibility index (Phi) is 3.29. The lowest BCUT2D eigenvalue weighted by atomic mass is 9.87. The highest BCUT2D eigenvalue weighted by molar-refractivity contribution is 5.13. The van der Waals surface area contributed by atoms with Crippen LogP contribution in [0.25, 0.3) is 0 Å². The fourth-order valence-electron chi connectivity index (χ4n) is 2.67. The second-order valence-electron chi connectivity index (χ2n) is 5.61. The fourth-order valence-corrected chi connectivity index (χ4v) is 2.67. The summed E-state index contributed by atoms with van der Waals surface area (Å²) in [5.74, 6) is 0. The molecule has 1 N–H and O–H groups in total. The second-order valence-corrected chi connectivity index (χ2v) is 5.61. The van der Waals surface area contributed by atoms with Crippen molar-refractivity contribution in [3.63, 3.8) is 0 Å². The summed E-state index contributed by atoms with van der Waals surface area (Å²) < 4.78 is 0. The largest absolute Gasteiger partial charge is 0.307 e. The summed E-state index contributed by atoms with van der Waals surface area (Å²) in [5.41, 5.74) is 1.72. The van der Waals surface area contributed by atoms with Crippen molar-refractivity contribution in [3.05, 3.63) is 30.1 Å². The van der Waals surface area contributed by atoms with E-state index < -0.39 is 0 Å². The standard InChI is InChI=1S/C14H22N2/c1-11(12-6-5-9-15-10-12)16-13-7-4-8-14(13,2)3/h5-6,9-11,13,16H,4,7-8H2,1-3H3. The summed E-state index contributed by atoms with van der Waals surface area (Å²) in [6.07, 6.45) is 7.78. The fraction of sp³-hybridized carbons (Fsp3) is 0.643. The van der Waals surface area contributed by atoms with E-state index in [-0.39, 0.29) is 0 Å².